The van der Waals surface area contributed by atoms with Gasteiger partial charge in [-0.15, -0.1) is 0 Å². The van der Waals surface area contributed by atoms with E-state index in [-0.39, 0.29) is 17.2 Å². The van der Waals surface area contributed by atoms with Crippen molar-refractivity contribution in [2.24, 2.45) is 22.2 Å². The van der Waals surface area contributed by atoms with Gasteiger partial charge in [-0.2, -0.15) is 0 Å². The minimum atomic E-state index is -0.0622. The highest BCUT2D eigenvalue weighted by Crippen LogP contribution is 2.33. The smallest absolute Gasteiger partial charge is 0.272 e. The van der Waals surface area contributed by atoms with Gasteiger partial charge in [-0.1, -0.05) is 25.9 Å². The van der Waals surface area contributed by atoms with E-state index in [4.69, 9.17) is 10.9 Å². The van der Waals surface area contributed by atoms with E-state index in [2.05, 4.69) is 30.9 Å². The van der Waals surface area contributed by atoms with Gasteiger partial charge in [0.2, 0.25) is 0 Å². The van der Waals surface area contributed by atoms with Crippen molar-refractivity contribution in [2.75, 3.05) is 13.1 Å². The van der Waals surface area contributed by atoms with Gasteiger partial charge in [0.15, 0.2) is 5.84 Å². The quantitative estimate of drug-likeness (QED) is 0.375. The first-order chi connectivity index (χ1) is 9.82. The zero-order chi connectivity index (χ0) is 15.6. The molecule has 2 rings (SSSR count). The van der Waals surface area contributed by atoms with Crippen molar-refractivity contribution in [3.63, 3.8) is 0 Å². The fraction of sp³-hybridized carbons (Fsp3) is 0.533. The third-order valence-electron chi connectivity index (χ3n) is 4.09. The summed E-state index contributed by atoms with van der Waals surface area (Å²) in [5.41, 5.74) is 6.56. The Balaban J connectivity index is 2.08. The Labute approximate surface area is 124 Å². The molecule has 1 aliphatic rings. The van der Waals surface area contributed by atoms with Crippen LogP contribution in [0.4, 0.5) is 0 Å². The summed E-state index contributed by atoms with van der Waals surface area (Å²) in [6.45, 7) is 8.15. The predicted molar refractivity (Wildman–Crippen MR) is 80.2 cm³/mol. The van der Waals surface area contributed by atoms with Crippen LogP contribution >= 0.6 is 0 Å². The molecule has 1 aliphatic heterocycles. The number of rotatable bonds is 2. The Morgan fingerprint density at radius 1 is 1.48 bits per heavy atom. The van der Waals surface area contributed by atoms with E-state index >= 15 is 0 Å². The summed E-state index contributed by atoms with van der Waals surface area (Å²) in [7, 11) is 0. The molecule has 0 aromatic carbocycles. The summed E-state index contributed by atoms with van der Waals surface area (Å²) < 4.78 is 0. The van der Waals surface area contributed by atoms with E-state index in [1.807, 2.05) is 4.90 Å². The zero-order valence-electron chi connectivity index (χ0n) is 12.7. The fourth-order valence-corrected chi connectivity index (χ4v) is 2.54. The second-order valence-electron chi connectivity index (χ2n) is 6.52. The van der Waals surface area contributed by atoms with Crippen LogP contribution in [-0.4, -0.2) is 39.9 Å². The van der Waals surface area contributed by atoms with Crippen molar-refractivity contribution < 1.29 is 10.0 Å². The monoisotopic (exact) mass is 290 g/mol. The number of carbonyl (C=O) groups excluding carboxylic acids is 1. The van der Waals surface area contributed by atoms with Gasteiger partial charge in [-0.3, -0.25) is 9.78 Å². The number of pyridine rings is 1. The molecule has 3 N–H and O–H groups in total. The van der Waals surface area contributed by atoms with Gasteiger partial charge in [0.1, 0.15) is 5.69 Å². The van der Waals surface area contributed by atoms with E-state index in [1.54, 1.807) is 12.1 Å². The van der Waals surface area contributed by atoms with Crippen molar-refractivity contribution in [1.29, 1.82) is 0 Å². The van der Waals surface area contributed by atoms with Gasteiger partial charge in [0.25, 0.3) is 5.91 Å². The number of nitrogens with two attached hydrogens (primary N) is 1. The number of amides is 1. The molecule has 1 atom stereocenters. The van der Waals surface area contributed by atoms with Gasteiger partial charge in [0.05, 0.1) is 0 Å². The number of hydrogen-bond donors (Lipinski definition) is 2. The van der Waals surface area contributed by atoms with E-state index in [9.17, 15) is 4.79 Å². The molecule has 21 heavy (non-hydrogen) atoms. The zero-order valence-corrected chi connectivity index (χ0v) is 12.7. The highest BCUT2D eigenvalue weighted by atomic mass is 16.4. The summed E-state index contributed by atoms with van der Waals surface area (Å²) >= 11 is 0. The first-order valence-electron chi connectivity index (χ1n) is 7.06. The Kier molecular flexibility index (Phi) is 4.16. The molecule has 2 heterocycles. The second kappa shape index (κ2) is 5.71. The van der Waals surface area contributed by atoms with Crippen LogP contribution in [0.5, 0.6) is 0 Å². The van der Waals surface area contributed by atoms with E-state index < -0.39 is 0 Å². The number of carbonyl (C=O) groups is 1. The van der Waals surface area contributed by atoms with Crippen molar-refractivity contribution in [3.8, 4) is 0 Å². The van der Waals surface area contributed by atoms with Crippen LogP contribution < -0.4 is 5.73 Å². The fourth-order valence-electron chi connectivity index (χ4n) is 2.54. The summed E-state index contributed by atoms with van der Waals surface area (Å²) in [6.07, 6.45) is 2.47. The normalized spacial score (nSPS) is 19.9. The maximum absolute atomic E-state index is 12.4. The molecule has 1 unspecified atom stereocenters. The van der Waals surface area contributed by atoms with Crippen molar-refractivity contribution in [3.05, 3.63) is 29.6 Å². The topological polar surface area (TPSA) is 91.8 Å². The molecule has 1 fully saturated rings. The predicted octanol–water partition coefficient (Wildman–Crippen LogP) is 1.68. The molecular formula is C15H22N4O2. The number of nitrogens with zero attached hydrogens (tertiary/aromatic N) is 3. The molecule has 0 radical (unpaired) electrons. The van der Waals surface area contributed by atoms with Gasteiger partial charge in [-0.25, -0.2) is 0 Å². The lowest BCUT2D eigenvalue weighted by molar-refractivity contribution is 0.0771. The van der Waals surface area contributed by atoms with Gasteiger partial charge >= 0.3 is 0 Å². The van der Waals surface area contributed by atoms with E-state index in [0.717, 1.165) is 19.5 Å². The van der Waals surface area contributed by atoms with Crippen LogP contribution in [0.3, 0.4) is 0 Å². The minimum Gasteiger partial charge on any atom is -0.409 e. The Morgan fingerprint density at radius 2 is 2.19 bits per heavy atom. The van der Waals surface area contributed by atoms with Crippen LogP contribution in [0.2, 0.25) is 0 Å². The van der Waals surface area contributed by atoms with Gasteiger partial charge < -0.3 is 15.8 Å². The molecule has 0 aliphatic carbocycles. The molecule has 114 valence electrons. The van der Waals surface area contributed by atoms with Crippen molar-refractivity contribution in [1.82, 2.24) is 9.88 Å². The molecule has 0 bridgehead atoms. The molecule has 1 saturated heterocycles. The summed E-state index contributed by atoms with van der Waals surface area (Å²) in [5.74, 6) is 0.432. The molecule has 0 spiro atoms. The first kappa shape index (κ1) is 15.3. The third-order valence-corrected chi connectivity index (χ3v) is 4.09. The number of oxime groups is 1. The summed E-state index contributed by atoms with van der Waals surface area (Å²) in [5, 5.41) is 11.5. The SMILES string of the molecule is CC(C)(C)C1CCN(C(=O)c2ccc(/C(N)=N/O)cn2)C1. The standard InChI is InChI=1S/C15H22N4O2/c1-15(2,3)11-6-7-19(9-11)14(20)12-5-4-10(8-17-12)13(16)18-21/h4-5,8,11,21H,6-7,9H2,1-3H3,(H2,16,18). The van der Waals surface area contributed by atoms with Crippen LogP contribution in [0.25, 0.3) is 0 Å². The number of amidine groups is 1. The molecule has 6 nitrogen and oxygen atoms in total. The molecule has 0 saturated carbocycles. The largest absolute Gasteiger partial charge is 0.409 e. The molecule has 6 heteroatoms. The lowest BCUT2D eigenvalue weighted by Crippen LogP contribution is -2.31. The van der Waals surface area contributed by atoms with Crippen LogP contribution in [0, 0.1) is 11.3 Å². The lowest BCUT2D eigenvalue weighted by atomic mass is 9.80. The molecule has 1 amide bonds. The van der Waals surface area contributed by atoms with Crippen LogP contribution in [-0.2, 0) is 0 Å². The highest BCUT2D eigenvalue weighted by molar-refractivity contribution is 5.98. The maximum Gasteiger partial charge on any atom is 0.272 e. The number of hydrogen-bond acceptors (Lipinski definition) is 4. The Morgan fingerprint density at radius 3 is 2.67 bits per heavy atom. The maximum atomic E-state index is 12.4. The van der Waals surface area contributed by atoms with Crippen LogP contribution in [0.1, 0.15) is 43.2 Å². The summed E-state index contributed by atoms with van der Waals surface area (Å²) in [6, 6.07) is 3.24. The van der Waals surface area contributed by atoms with E-state index in [1.165, 1.54) is 6.20 Å². The molecule has 1 aromatic rings. The number of likely N-dealkylation sites (tertiary alicyclic amines) is 1. The second-order valence-corrected chi connectivity index (χ2v) is 6.52. The Hall–Kier alpha value is -2.11. The van der Waals surface area contributed by atoms with Crippen LogP contribution in [0.15, 0.2) is 23.5 Å². The van der Waals surface area contributed by atoms with Crippen molar-refractivity contribution in [2.45, 2.75) is 27.2 Å². The minimum absolute atomic E-state index is 0.0181. The number of aromatic nitrogens is 1. The summed E-state index contributed by atoms with van der Waals surface area (Å²) in [4.78, 5) is 18.4. The highest BCUT2D eigenvalue weighted by Gasteiger charge is 2.34. The van der Waals surface area contributed by atoms with E-state index in [0.29, 0.717) is 17.2 Å². The van der Waals surface area contributed by atoms with Gasteiger partial charge in [-0.05, 0) is 29.9 Å². The van der Waals surface area contributed by atoms with Crippen molar-refractivity contribution >= 4 is 11.7 Å². The Bertz CT molecular complexity index is 546. The lowest BCUT2D eigenvalue weighted by Gasteiger charge is -2.26. The molecular weight excluding hydrogens is 268 g/mol. The first-order valence-corrected chi connectivity index (χ1v) is 7.06. The average Bonchev–Trinajstić information content (AvgIpc) is 2.95. The average molecular weight is 290 g/mol. The third kappa shape index (κ3) is 3.32. The molecule has 1 aromatic heterocycles. The van der Waals surface area contributed by atoms with Gasteiger partial charge in [0, 0.05) is 24.8 Å².